The fraction of sp³-hybridized carbons (Fsp3) is 0.615. The number of fused-ring (bicyclic) bond motifs is 1. The number of rotatable bonds is 6. The Kier molecular flexibility index (Phi) is 5.20. The van der Waals surface area contributed by atoms with E-state index in [2.05, 4.69) is 47.6 Å². The van der Waals surface area contributed by atoms with Crippen LogP contribution in [0.15, 0.2) is 42.0 Å². The average Bonchev–Trinajstić information content (AvgIpc) is 3.07. The van der Waals surface area contributed by atoms with E-state index in [1.165, 1.54) is 18.4 Å². The second kappa shape index (κ2) is 7.77. The molecule has 0 aromatic heterocycles. The molecule has 5 aliphatic rings. The zero-order valence-corrected chi connectivity index (χ0v) is 18.8. The lowest BCUT2D eigenvalue weighted by Crippen LogP contribution is -2.56. The molecule has 3 aliphatic carbocycles. The molecule has 1 aromatic rings. The molecule has 3 atom stereocenters. The molecule has 5 nitrogen and oxygen atoms in total. The summed E-state index contributed by atoms with van der Waals surface area (Å²) in [4.78, 5) is 27.6. The highest BCUT2D eigenvalue weighted by Gasteiger charge is 2.53. The molecule has 2 bridgehead atoms. The van der Waals surface area contributed by atoms with E-state index in [9.17, 15) is 9.59 Å². The number of hydrogen-bond acceptors (Lipinski definition) is 3. The number of piperidine rings is 1. The number of hydrogen-bond donors (Lipinski definition) is 2. The van der Waals surface area contributed by atoms with E-state index in [0.717, 1.165) is 50.7 Å². The van der Waals surface area contributed by atoms with Gasteiger partial charge in [0.1, 0.15) is 5.54 Å². The van der Waals surface area contributed by atoms with Gasteiger partial charge >= 0.3 is 6.03 Å². The van der Waals surface area contributed by atoms with Crippen molar-refractivity contribution in [2.45, 2.75) is 57.9 Å². The molecule has 6 rings (SSSR count). The van der Waals surface area contributed by atoms with Gasteiger partial charge in [0.15, 0.2) is 0 Å². The molecule has 3 amide bonds. The van der Waals surface area contributed by atoms with Crippen molar-refractivity contribution in [1.82, 2.24) is 15.5 Å². The van der Waals surface area contributed by atoms with Crippen molar-refractivity contribution < 1.29 is 9.59 Å². The summed E-state index contributed by atoms with van der Waals surface area (Å²) in [7, 11) is 0. The van der Waals surface area contributed by atoms with E-state index < -0.39 is 5.54 Å². The van der Waals surface area contributed by atoms with Gasteiger partial charge in [0, 0.05) is 6.54 Å². The van der Waals surface area contributed by atoms with E-state index in [1.807, 2.05) is 18.2 Å². The normalized spacial score (nSPS) is 32.8. The Bertz CT molecular complexity index is 885. The van der Waals surface area contributed by atoms with Crippen LogP contribution in [-0.2, 0) is 11.2 Å². The van der Waals surface area contributed by atoms with Crippen LogP contribution in [0.25, 0.3) is 0 Å². The SMILES string of the molecule is CC1(C)[C@H]2CC=C(CN3CCC([C@]4(CCc5ccccc5)NC(=O)NC4=O)CC3)[C@@H]1C2. The van der Waals surface area contributed by atoms with E-state index in [-0.39, 0.29) is 17.9 Å². The molecule has 1 saturated carbocycles. The molecular formula is C26H35N3O2. The highest BCUT2D eigenvalue weighted by molar-refractivity contribution is 6.07. The van der Waals surface area contributed by atoms with Crippen molar-refractivity contribution in [3.63, 3.8) is 0 Å². The maximum atomic E-state index is 12.9. The van der Waals surface area contributed by atoms with Gasteiger partial charge < -0.3 is 5.32 Å². The molecule has 2 saturated heterocycles. The lowest BCUT2D eigenvalue weighted by Gasteiger charge is -2.57. The molecule has 3 fully saturated rings. The number of nitrogens with one attached hydrogen (secondary N) is 2. The molecule has 5 heteroatoms. The molecule has 166 valence electrons. The van der Waals surface area contributed by atoms with Crippen LogP contribution in [0, 0.1) is 23.2 Å². The minimum absolute atomic E-state index is 0.135. The molecule has 2 aliphatic heterocycles. The minimum atomic E-state index is -0.772. The summed E-state index contributed by atoms with van der Waals surface area (Å²) in [5.74, 6) is 1.68. The van der Waals surface area contributed by atoms with Crippen LogP contribution in [0.1, 0.15) is 51.5 Å². The first-order valence-corrected chi connectivity index (χ1v) is 12.0. The second-order valence-electron chi connectivity index (χ2n) is 10.7. The zero-order valence-electron chi connectivity index (χ0n) is 18.8. The molecule has 1 aromatic carbocycles. The minimum Gasteiger partial charge on any atom is -0.323 e. The summed E-state index contributed by atoms with van der Waals surface area (Å²) >= 11 is 0. The van der Waals surface area contributed by atoms with E-state index in [1.54, 1.807) is 5.57 Å². The predicted octanol–water partition coefficient (Wildman–Crippen LogP) is 3.90. The average molecular weight is 422 g/mol. The lowest BCUT2D eigenvalue weighted by molar-refractivity contribution is -0.127. The van der Waals surface area contributed by atoms with Crippen LogP contribution in [0.2, 0.25) is 0 Å². The number of urea groups is 1. The van der Waals surface area contributed by atoms with Crippen molar-refractivity contribution in [3.8, 4) is 0 Å². The summed E-state index contributed by atoms with van der Waals surface area (Å²) in [6, 6.07) is 9.91. The van der Waals surface area contributed by atoms with Crippen LogP contribution >= 0.6 is 0 Å². The molecule has 0 unspecified atom stereocenters. The van der Waals surface area contributed by atoms with E-state index in [0.29, 0.717) is 11.8 Å². The van der Waals surface area contributed by atoms with Crippen LogP contribution in [0.5, 0.6) is 0 Å². The summed E-state index contributed by atoms with van der Waals surface area (Å²) < 4.78 is 0. The third kappa shape index (κ3) is 3.61. The number of likely N-dealkylation sites (tertiary alicyclic amines) is 1. The standard InChI is InChI=1S/C26H35N3O2/c1-25(2)21-9-8-19(22(25)16-21)17-29-14-11-20(12-15-29)26(23(30)27-24(31)28-26)13-10-18-6-4-3-5-7-18/h3-8,20-22H,9-17H2,1-2H3,(H2,27,28,30,31)/t21-,22-,26-/m0/s1. The van der Waals surface area contributed by atoms with Crippen LogP contribution in [0.4, 0.5) is 4.79 Å². The van der Waals surface area contributed by atoms with Crippen LogP contribution in [-0.4, -0.2) is 42.0 Å². The Hall–Kier alpha value is -2.14. The molecule has 0 radical (unpaired) electrons. The second-order valence-corrected chi connectivity index (χ2v) is 10.7. The first kappa shape index (κ1) is 20.7. The van der Waals surface area contributed by atoms with Gasteiger partial charge in [-0.3, -0.25) is 15.0 Å². The first-order valence-electron chi connectivity index (χ1n) is 12.0. The predicted molar refractivity (Wildman–Crippen MR) is 121 cm³/mol. The molecule has 0 spiro atoms. The summed E-state index contributed by atoms with van der Waals surface area (Å²) in [6.45, 7) is 7.93. The quantitative estimate of drug-likeness (QED) is 0.541. The van der Waals surface area contributed by atoms with Crippen molar-refractivity contribution >= 4 is 11.9 Å². The number of carbonyl (C=O) groups excluding carboxylic acids is 2. The number of carbonyl (C=O) groups is 2. The Morgan fingerprint density at radius 1 is 1.06 bits per heavy atom. The maximum absolute atomic E-state index is 12.9. The lowest BCUT2D eigenvalue weighted by atomic mass is 9.49. The Morgan fingerprint density at radius 3 is 2.42 bits per heavy atom. The van der Waals surface area contributed by atoms with Gasteiger partial charge in [-0.25, -0.2) is 4.79 Å². The molecular weight excluding hydrogens is 386 g/mol. The third-order valence-electron chi connectivity index (χ3n) is 8.89. The van der Waals surface area contributed by atoms with E-state index in [4.69, 9.17) is 0 Å². The molecule has 2 heterocycles. The highest BCUT2D eigenvalue weighted by atomic mass is 16.2. The fourth-order valence-electron chi connectivity index (χ4n) is 6.66. The number of amides is 3. The monoisotopic (exact) mass is 421 g/mol. The fourth-order valence-corrected chi connectivity index (χ4v) is 6.66. The number of aryl methyl sites for hydroxylation is 1. The highest BCUT2D eigenvalue weighted by Crippen LogP contribution is 2.59. The Morgan fingerprint density at radius 2 is 1.81 bits per heavy atom. The summed E-state index contributed by atoms with van der Waals surface area (Å²) in [6.07, 6.45) is 8.46. The summed E-state index contributed by atoms with van der Waals surface area (Å²) in [5.41, 5.74) is 2.54. The van der Waals surface area contributed by atoms with Crippen molar-refractivity contribution in [2.24, 2.45) is 23.2 Å². The summed E-state index contributed by atoms with van der Waals surface area (Å²) in [5, 5.41) is 5.57. The van der Waals surface area contributed by atoms with Gasteiger partial charge in [0.2, 0.25) is 0 Å². The van der Waals surface area contributed by atoms with Gasteiger partial charge in [0.25, 0.3) is 5.91 Å². The van der Waals surface area contributed by atoms with Crippen molar-refractivity contribution in [3.05, 3.63) is 47.5 Å². The number of nitrogens with zero attached hydrogens (tertiary/aromatic N) is 1. The Labute approximate surface area is 185 Å². The number of imide groups is 1. The smallest absolute Gasteiger partial charge is 0.322 e. The van der Waals surface area contributed by atoms with Gasteiger partial charge in [-0.1, -0.05) is 55.8 Å². The molecule has 31 heavy (non-hydrogen) atoms. The zero-order chi connectivity index (χ0) is 21.6. The van der Waals surface area contributed by atoms with Gasteiger partial charge in [-0.15, -0.1) is 0 Å². The van der Waals surface area contributed by atoms with Gasteiger partial charge in [0.05, 0.1) is 0 Å². The third-order valence-corrected chi connectivity index (χ3v) is 8.89. The van der Waals surface area contributed by atoms with Crippen molar-refractivity contribution in [1.29, 1.82) is 0 Å². The van der Waals surface area contributed by atoms with E-state index >= 15 is 0 Å². The van der Waals surface area contributed by atoms with Crippen LogP contribution in [0.3, 0.4) is 0 Å². The van der Waals surface area contributed by atoms with Gasteiger partial charge in [-0.2, -0.15) is 0 Å². The molecule has 2 N–H and O–H groups in total. The number of allylic oxidation sites excluding steroid dienone is 1. The van der Waals surface area contributed by atoms with Crippen molar-refractivity contribution in [2.75, 3.05) is 19.6 Å². The Balaban J connectivity index is 1.23. The largest absolute Gasteiger partial charge is 0.323 e. The number of benzene rings is 1. The topological polar surface area (TPSA) is 61.4 Å². The van der Waals surface area contributed by atoms with Gasteiger partial charge in [-0.05, 0) is 80.3 Å². The maximum Gasteiger partial charge on any atom is 0.322 e. The first-order chi connectivity index (χ1) is 14.9. The van der Waals surface area contributed by atoms with Crippen LogP contribution < -0.4 is 10.6 Å².